The maximum Gasteiger partial charge on any atom is 0.280 e. The van der Waals surface area contributed by atoms with Gasteiger partial charge >= 0.3 is 0 Å². The average Bonchev–Trinajstić information content (AvgIpc) is 3.22. The minimum Gasteiger partial charge on any atom is -0.493 e. The van der Waals surface area contributed by atoms with Crippen molar-refractivity contribution >= 4 is 33.4 Å². The third-order valence-electron chi connectivity index (χ3n) is 4.91. The van der Waals surface area contributed by atoms with Crippen LogP contribution in [0, 0.1) is 0 Å². The van der Waals surface area contributed by atoms with E-state index in [1.54, 1.807) is 33.5 Å². The van der Waals surface area contributed by atoms with E-state index in [0.717, 1.165) is 20.8 Å². The third kappa shape index (κ3) is 3.00. The molecule has 0 unspecified atom stereocenters. The highest BCUT2D eigenvalue weighted by Crippen LogP contribution is 2.41. The van der Waals surface area contributed by atoms with E-state index < -0.39 is 0 Å². The predicted octanol–water partition coefficient (Wildman–Crippen LogP) is 2.89. The van der Waals surface area contributed by atoms with E-state index in [1.165, 1.54) is 13.4 Å². The number of hydrogen-bond donors (Lipinski definition) is 1. The number of rotatable bonds is 5. The summed E-state index contributed by atoms with van der Waals surface area (Å²) in [5.41, 5.74) is 5.99. The number of hydrogen-bond acceptors (Lipinski definition) is 8. The zero-order valence-electron chi connectivity index (χ0n) is 16.9. The fourth-order valence-electron chi connectivity index (χ4n) is 3.48. The number of fused-ring (bicyclic) bond motifs is 3. The van der Waals surface area contributed by atoms with Crippen LogP contribution in [0.15, 0.2) is 36.7 Å². The van der Waals surface area contributed by atoms with Crippen LogP contribution in [-0.4, -0.2) is 49.1 Å². The van der Waals surface area contributed by atoms with Gasteiger partial charge in [-0.25, -0.2) is 4.98 Å². The topological polar surface area (TPSA) is 111 Å². The van der Waals surface area contributed by atoms with Crippen LogP contribution in [0.2, 0.25) is 0 Å². The zero-order chi connectivity index (χ0) is 21.4. The molecule has 0 bridgehead atoms. The quantitative estimate of drug-likeness (QED) is 0.502. The number of nitrogens with two attached hydrogens (primary N) is 1. The van der Waals surface area contributed by atoms with Crippen molar-refractivity contribution in [2.75, 3.05) is 34.2 Å². The number of ether oxygens (including phenoxy) is 4. The number of aromatic nitrogens is 3. The largest absolute Gasteiger partial charge is 0.493 e. The lowest BCUT2D eigenvalue weighted by molar-refractivity contribution is 0.0946. The number of carbonyl (C=O) groups is 1. The normalized spacial score (nSPS) is 10.9. The van der Waals surface area contributed by atoms with E-state index >= 15 is 0 Å². The first-order valence-electron chi connectivity index (χ1n) is 8.97. The molecule has 9 heteroatoms. The molecule has 2 N–H and O–H groups in total. The zero-order valence-corrected chi connectivity index (χ0v) is 16.9. The molecule has 0 saturated heterocycles. The van der Waals surface area contributed by atoms with Gasteiger partial charge in [-0.3, -0.25) is 4.79 Å². The number of nitrogen functional groups attached to an aromatic ring is 1. The average molecular weight is 408 g/mol. The van der Waals surface area contributed by atoms with Crippen LogP contribution in [0.3, 0.4) is 0 Å². The van der Waals surface area contributed by atoms with Crippen molar-refractivity contribution < 1.29 is 23.7 Å². The second-order valence-electron chi connectivity index (χ2n) is 6.46. The van der Waals surface area contributed by atoms with Crippen molar-refractivity contribution in [1.82, 2.24) is 14.8 Å². The van der Waals surface area contributed by atoms with Gasteiger partial charge in [-0.05, 0) is 51.9 Å². The van der Waals surface area contributed by atoms with E-state index in [0.29, 0.717) is 33.9 Å². The first-order chi connectivity index (χ1) is 14.5. The molecule has 0 atom stereocenters. The molecule has 3 aromatic carbocycles. The fourth-order valence-corrected chi connectivity index (χ4v) is 3.48. The van der Waals surface area contributed by atoms with Crippen molar-refractivity contribution in [1.29, 1.82) is 0 Å². The fraction of sp³-hybridized carbons (Fsp3) is 0.190. The van der Waals surface area contributed by atoms with Crippen molar-refractivity contribution in [2.45, 2.75) is 0 Å². The predicted molar refractivity (Wildman–Crippen MR) is 112 cm³/mol. The lowest BCUT2D eigenvalue weighted by Crippen LogP contribution is -2.13. The summed E-state index contributed by atoms with van der Waals surface area (Å²) in [6.07, 6.45) is 1.28. The standard InChI is InChI=1S/C21H20N4O5/c1-27-16-6-11-5-15(20(26)25-10-23-21(22)24-25)14-9-19(30-4)18(29-3)8-13(14)12(11)7-17(16)28-2/h5-10H,1-4H3,(H2,22,24). The summed E-state index contributed by atoms with van der Waals surface area (Å²) in [6.45, 7) is 0. The number of carbonyl (C=O) groups excluding carboxylic acids is 1. The third-order valence-corrected chi connectivity index (χ3v) is 4.91. The van der Waals surface area contributed by atoms with Gasteiger partial charge in [-0.1, -0.05) is 0 Å². The van der Waals surface area contributed by atoms with Crippen LogP contribution < -0.4 is 24.7 Å². The molecule has 30 heavy (non-hydrogen) atoms. The van der Waals surface area contributed by atoms with Gasteiger partial charge in [0.25, 0.3) is 5.91 Å². The van der Waals surface area contributed by atoms with Crippen LogP contribution in [0.5, 0.6) is 23.0 Å². The highest BCUT2D eigenvalue weighted by molar-refractivity contribution is 6.18. The molecule has 4 rings (SSSR count). The van der Waals surface area contributed by atoms with E-state index in [-0.39, 0.29) is 11.9 Å². The molecule has 0 radical (unpaired) electrons. The molecule has 0 aliphatic heterocycles. The van der Waals surface area contributed by atoms with Crippen LogP contribution >= 0.6 is 0 Å². The van der Waals surface area contributed by atoms with Gasteiger partial charge in [-0.15, -0.1) is 5.10 Å². The molecule has 0 fully saturated rings. The monoisotopic (exact) mass is 408 g/mol. The van der Waals surface area contributed by atoms with Crippen molar-refractivity contribution in [2.24, 2.45) is 0 Å². The molecular formula is C21H20N4O5. The smallest absolute Gasteiger partial charge is 0.280 e. The molecule has 4 aromatic rings. The SMILES string of the molecule is COc1cc2cc(C(=O)n3cnc(N)n3)c3cc(OC)c(OC)cc3c2cc1OC. The Hall–Kier alpha value is -4.01. The van der Waals surface area contributed by atoms with Gasteiger partial charge in [0.1, 0.15) is 6.33 Å². The van der Waals surface area contributed by atoms with Gasteiger partial charge in [0, 0.05) is 0 Å². The number of methoxy groups -OCH3 is 4. The Morgan fingerprint density at radius 1 is 0.800 bits per heavy atom. The molecular weight excluding hydrogens is 388 g/mol. The summed E-state index contributed by atoms with van der Waals surface area (Å²) in [5, 5.41) is 7.02. The Morgan fingerprint density at radius 2 is 1.33 bits per heavy atom. The van der Waals surface area contributed by atoms with E-state index in [9.17, 15) is 4.79 Å². The molecule has 9 nitrogen and oxygen atoms in total. The molecule has 1 aromatic heterocycles. The Balaban J connectivity index is 2.11. The van der Waals surface area contributed by atoms with Gasteiger partial charge in [0.2, 0.25) is 5.95 Å². The molecule has 0 spiro atoms. The summed E-state index contributed by atoms with van der Waals surface area (Å²) in [7, 11) is 6.23. The molecule has 0 aliphatic carbocycles. The molecule has 1 heterocycles. The Labute approximate surface area is 171 Å². The minimum atomic E-state index is -0.381. The highest BCUT2D eigenvalue weighted by Gasteiger charge is 2.20. The van der Waals surface area contributed by atoms with Crippen LogP contribution in [-0.2, 0) is 0 Å². The van der Waals surface area contributed by atoms with E-state index in [4.69, 9.17) is 24.7 Å². The summed E-state index contributed by atoms with van der Waals surface area (Å²) >= 11 is 0. The number of nitrogens with zero attached hydrogens (tertiary/aromatic N) is 3. The van der Waals surface area contributed by atoms with Crippen molar-refractivity contribution in [3.8, 4) is 23.0 Å². The lowest BCUT2D eigenvalue weighted by Gasteiger charge is -2.16. The van der Waals surface area contributed by atoms with Gasteiger partial charge in [0.15, 0.2) is 23.0 Å². The highest BCUT2D eigenvalue weighted by atomic mass is 16.5. The van der Waals surface area contributed by atoms with Gasteiger partial charge in [0.05, 0.1) is 34.0 Å². The molecule has 154 valence electrons. The summed E-state index contributed by atoms with van der Waals surface area (Å²) in [6, 6.07) is 9.04. The molecule has 0 aliphatic rings. The van der Waals surface area contributed by atoms with Gasteiger partial charge in [-0.2, -0.15) is 4.68 Å². The minimum absolute atomic E-state index is 0.0131. The van der Waals surface area contributed by atoms with E-state index in [1.807, 2.05) is 18.2 Å². The van der Waals surface area contributed by atoms with Crippen molar-refractivity contribution in [3.63, 3.8) is 0 Å². The van der Waals surface area contributed by atoms with Crippen molar-refractivity contribution in [3.05, 3.63) is 42.2 Å². The summed E-state index contributed by atoms with van der Waals surface area (Å²) in [5.74, 6) is 1.79. The Morgan fingerprint density at radius 3 is 1.87 bits per heavy atom. The molecule has 0 saturated carbocycles. The number of anilines is 1. The summed E-state index contributed by atoms with van der Waals surface area (Å²) in [4.78, 5) is 17.1. The first kappa shape index (κ1) is 19.3. The Bertz CT molecular complexity index is 1280. The van der Waals surface area contributed by atoms with Crippen LogP contribution in [0.4, 0.5) is 5.95 Å². The van der Waals surface area contributed by atoms with E-state index in [2.05, 4.69) is 10.1 Å². The number of benzene rings is 3. The molecule has 0 amide bonds. The van der Waals surface area contributed by atoms with Gasteiger partial charge < -0.3 is 24.7 Å². The second-order valence-corrected chi connectivity index (χ2v) is 6.46. The maximum atomic E-state index is 13.2. The van der Waals surface area contributed by atoms with Crippen LogP contribution in [0.25, 0.3) is 21.5 Å². The second kappa shape index (κ2) is 7.43. The Kier molecular flexibility index (Phi) is 4.78. The maximum absolute atomic E-state index is 13.2. The lowest BCUT2D eigenvalue weighted by atomic mass is 9.95. The first-order valence-corrected chi connectivity index (χ1v) is 8.97. The van der Waals surface area contributed by atoms with Crippen LogP contribution in [0.1, 0.15) is 10.4 Å². The summed E-state index contributed by atoms with van der Waals surface area (Å²) < 4.78 is 22.9.